The number of nitrogens with one attached hydrogen (secondary N) is 1. The van der Waals surface area contributed by atoms with E-state index in [-0.39, 0.29) is 0 Å². The molecule has 0 radical (unpaired) electrons. The summed E-state index contributed by atoms with van der Waals surface area (Å²) >= 11 is 0. The lowest BCUT2D eigenvalue weighted by molar-refractivity contribution is 0.361. The third kappa shape index (κ3) is 9.39. The van der Waals surface area contributed by atoms with Crippen molar-refractivity contribution < 1.29 is 0 Å². The van der Waals surface area contributed by atoms with Gasteiger partial charge in [0.2, 0.25) is 0 Å². The molecule has 0 bridgehead atoms. The minimum Gasteiger partial charge on any atom is -0.320 e. The second-order valence-corrected chi connectivity index (χ2v) is 3.46. The smallest absolute Gasteiger partial charge is 0.0596 e. The number of rotatable bonds is 8. The number of hydrogen-bond donors (Lipinski definition) is 1. The zero-order valence-electron chi connectivity index (χ0n) is 8.97. The number of nitrogens with zero attached hydrogens (tertiary/aromatic N) is 1. The minimum atomic E-state index is 0.774. The largest absolute Gasteiger partial charge is 0.320 e. The van der Waals surface area contributed by atoms with Crippen molar-refractivity contribution in [3.05, 3.63) is 0 Å². The summed E-state index contributed by atoms with van der Waals surface area (Å²) in [6, 6.07) is 0. The molecule has 0 spiro atoms. The molecule has 0 saturated carbocycles. The van der Waals surface area contributed by atoms with Crippen LogP contribution < -0.4 is 5.32 Å². The molecule has 0 heterocycles. The molecule has 0 unspecified atom stereocenters. The van der Waals surface area contributed by atoms with E-state index in [4.69, 9.17) is 6.42 Å². The molecule has 0 atom stereocenters. The second kappa shape index (κ2) is 9.57. The molecule has 0 aliphatic heterocycles. The first kappa shape index (κ1) is 12.5. The summed E-state index contributed by atoms with van der Waals surface area (Å²) in [5.74, 6) is 2.64. The van der Waals surface area contributed by atoms with E-state index >= 15 is 0 Å². The molecule has 0 aromatic heterocycles. The molecule has 0 fully saturated rings. The van der Waals surface area contributed by atoms with Crippen molar-refractivity contribution in [2.75, 3.05) is 33.7 Å². The Kier molecular flexibility index (Phi) is 9.18. The molecular formula is C11H22N2. The van der Waals surface area contributed by atoms with Gasteiger partial charge < -0.3 is 5.32 Å². The number of terminal acetylenes is 1. The fraction of sp³-hybridized carbons (Fsp3) is 0.818. The van der Waals surface area contributed by atoms with E-state index in [1.54, 1.807) is 0 Å². The SMILES string of the molecule is C#CCN(C)CCCCCCNC. The van der Waals surface area contributed by atoms with Crippen LogP contribution in [0.3, 0.4) is 0 Å². The first-order valence-corrected chi connectivity index (χ1v) is 5.08. The highest BCUT2D eigenvalue weighted by Crippen LogP contribution is 1.99. The minimum absolute atomic E-state index is 0.774. The van der Waals surface area contributed by atoms with Crippen LogP contribution in [-0.2, 0) is 0 Å². The summed E-state index contributed by atoms with van der Waals surface area (Å²) in [6.45, 7) is 3.04. The van der Waals surface area contributed by atoms with Crippen LogP contribution in [0.2, 0.25) is 0 Å². The van der Waals surface area contributed by atoms with Crippen LogP contribution in [0.5, 0.6) is 0 Å². The van der Waals surface area contributed by atoms with Crippen LogP contribution in [0.25, 0.3) is 0 Å². The van der Waals surface area contributed by atoms with Crippen LogP contribution >= 0.6 is 0 Å². The number of hydrogen-bond acceptors (Lipinski definition) is 2. The lowest BCUT2D eigenvalue weighted by Gasteiger charge is -2.12. The summed E-state index contributed by atoms with van der Waals surface area (Å²) in [5.41, 5.74) is 0. The van der Waals surface area contributed by atoms with Gasteiger partial charge in [0.15, 0.2) is 0 Å². The van der Waals surface area contributed by atoms with Crippen molar-refractivity contribution >= 4 is 0 Å². The van der Waals surface area contributed by atoms with Crippen LogP contribution in [0.4, 0.5) is 0 Å². The topological polar surface area (TPSA) is 15.3 Å². The van der Waals surface area contributed by atoms with Crippen molar-refractivity contribution in [2.45, 2.75) is 25.7 Å². The average molecular weight is 182 g/mol. The van der Waals surface area contributed by atoms with Crippen molar-refractivity contribution in [2.24, 2.45) is 0 Å². The molecule has 0 saturated heterocycles. The Morgan fingerprint density at radius 2 is 1.92 bits per heavy atom. The molecule has 0 aromatic carbocycles. The predicted octanol–water partition coefficient (Wildman–Crippen LogP) is 1.33. The molecule has 13 heavy (non-hydrogen) atoms. The van der Waals surface area contributed by atoms with Crippen LogP contribution in [0, 0.1) is 12.3 Å². The molecule has 0 aromatic rings. The summed E-state index contributed by atoms with van der Waals surface area (Å²) < 4.78 is 0. The zero-order chi connectivity index (χ0) is 9.94. The fourth-order valence-corrected chi connectivity index (χ4v) is 1.27. The van der Waals surface area contributed by atoms with E-state index in [2.05, 4.69) is 23.2 Å². The van der Waals surface area contributed by atoms with Crippen molar-refractivity contribution in [1.82, 2.24) is 10.2 Å². The van der Waals surface area contributed by atoms with Gasteiger partial charge in [0, 0.05) is 0 Å². The highest BCUT2D eigenvalue weighted by molar-refractivity contribution is 4.86. The highest BCUT2D eigenvalue weighted by Gasteiger charge is 1.94. The molecule has 2 heteroatoms. The lowest BCUT2D eigenvalue weighted by atomic mass is 10.2. The van der Waals surface area contributed by atoms with Gasteiger partial charge in [-0.05, 0) is 40.0 Å². The van der Waals surface area contributed by atoms with Crippen LogP contribution in [0.15, 0.2) is 0 Å². The highest BCUT2D eigenvalue weighted by atomic mass is 15.1. The maximum atomic E-state index is 5.20. The molecule has 1 N–H and O–H groups in total. The second-order valence-electron chi connectivity index (χ2n) is 3.46. The van der Waals surface area contributed by atoms with Gasteiger partial charge in [-0.25, -0.2) is 0 Å². The summed E-state index contributed by atoms with van der Waals surface area (Å²) in [4.78, 5) is 2.19. The van der Waals surface area contributed by atoms with Gasteiger partial charge in [0.05, 0.1) is 6.54 Å². The van der Waals surface area contributed by atoms with Crippen LogP contribution in [0.1, 0.15) is 25.7 Å². The monoisotopic (exact) mass is 182 g/mol. The van der Waals surface area contributed by atoms with Gasteiger partial charge in [0.25, 0.3) is 0 Å². The molecule has 76 valence electrons. The molecule has 0 rings (SSSR count). The fourth-order valence-electron chi connectivity index (χ4n) is 1.27. The Morgan fingerprint density at radius 1 is 1.23 bits per heavy atom. The van der Waals surface area contributed by atoms with Crippen molar-refractivity contribution in [3.63, 3.8) is 0 Å². The van der Waals surface area contributed by atoms with Gasteiger partial charge in [0.1, 0.15) is 0 Å². The third-order valence-electron chi connectivity index (χ3n) is 2.08. The zero-order valence-corrected chi connectivity index (χ0v) is 8.97. The van der Waals surface area contributed by atoms with E-state index in [0.717, 1.165) is 19.6 Å². The van der Waals surface area contributed by atoms with E-state index in [1.807, 2.05) is 7.05 Å². The standard InChI is InChI=1S/C11H22N2/c1-4-10-13(3)11-8-6-5-7-9-12-2/h1,12H,5-11H2,2-3H3. The van der Waals surface area contributed by atoms with Crippen molar-refractivity contribution in [3.8, 4) is 12.3 Å². The Labute approximate surface area is 82.7 Å². The molecule has 0 amide bonds. The van der Waals surface area contributed by atoms with E-state index in [0.29, 0.717) is 0 Å². The van der Waals surface area contributed by atoms with Gasteiger partial charge >= 0.3 is 0 Å². The first-order valence-electron chi connectivity index (χ1n) is 5.08. The Hall–Kier alpha value is -0.520. The third-order valence-corrected chi connectivity index (χ3v) is 2.08. The predicted molar refractivity (Wildman–Crippen MR) is 58.7 cm³/mol. The molecule has 0 aliphatic rings. The quantitative estimate of drug-likeness (QED) is 0.450. The van der Waals surface area contributed by atoms with E-state index < -0.39 is 0 Å². The Morgan fingerprint density at radius 3 is 2.54 bits per heavy atom. The van der Waals surface area contributed by atoms with Gasteiger partial charge in [-0.15, -0.1) is 6.42 Å². The van der Waals surface area contributed by atoms with E-state index in [9.17, 15) is 0 Å². The summed E-state index contributed by atoms with van der Waals surface area (Å²) in [7, 11) is 4.08. The van der Waals surface area contributed by atoms with Gasteiger partial charge in [-0.3, -0.25) is 4.90 Å². The Bertz CT molecular complexity index is 138. The van der Waals surface area contributed by atoms with Gasteiger partial charge in [-0.2, -0.15) is 0 Å². The molecule has 0 aliphatic carbocycles. The maximum Gasteiger partial charge on any atom is 0.0596 e. The average Bonchev–Trinajstić information content (AvgIpc) is 2.11. The first-order chi connectivity index (χ1) is 6.31. The summed E-state index contributed by atoms with van der Waals surface area (Å²) in [5, 5.41) is 3.15. The lowest BCUT2D eigenvalue weighted by Crippen LogP contribution is -2.19. The normalized spacial score (nSPS) is 10.3. The van der Waals surface area contributed by atoms with Gasteiger partial charge in [-0.1, -0.05) is 18.8 Å². The van der Waals surface area contributed by atoms with E-state index in [1.165, 1.54) is 25.7 Å². The maximum absolute atomic E-state index is 5.20. The Balaban J connectivity index is 3.03. The molecular weight excluding hydrogens is 160 g/mol. The van der Waals surface area contributed by atoms with Crippen molar-refractivity contribution in [1.29, 1.82) is 0 Å². The molecule has 2 nitrogen and oxygen atoms in total. The van der Waals surface area contributed by atoms with Crippen LogP contribution in [-0.4, -0.2) is 38.6 Å². The summed E-state index contributed by atoms with van der Waals surface area (Å²) in [6.07, 6.45) is 10.4. The number of unbranched alkanes of at least 4 members (excludes halogenated alkanes) is 3.